The second kappa shape index (κ2) is 6.01. The summed E-state index contributed by atoms with van der Waals surface area (Å²) in [5.74, 6) is 1.75. The first kappa shape index (κ1) is 14.3. The maximum absolute atomic E-state index is 5.67. The molecule has 3 heterocycles. The minimum Gasteiger partial charge on any atom is -0.467 e. The lowest BCUT2D eigenvalue weighted by atomic mass is 10.0. The molecule has 1 aliphatic rings. The monoisotopic (exact) mass is 291 g/mol. The zero-order valence-corrected chi connectivity index (χ0v) is 12.4. The molecule has 1 aliphatic heterocycles. The molecule has 0 radical (unpaired) electrons. The number of imidazole rings is 1. The summed E-state index contributed by atoms with van der Waals surface area (Å²) in [6.45, 7) is 2.03. The molecule has 1 N–H and O–H groups in total. The van der Waals surface area contributed by atoms with E-state index in [1.807, 2.05) is 29.9 Å². The molecule has 2 unspecified atom stereocenters. The van der Waals surface area contributed by atoms with Gasteiger partial charge in [-0.3, -0.25) is 5.32 Å². The van der Waals surface area contributed by atoms with Crippen LogP contribution in [0.1, 0.15) is 24.0 Å². The van der Waals surface area contributed by atoms with Crippen LogP contribution in [0.15, 0.2) is 35.2 Å². The van der Waals surface area contributed by atoms with E-state index in [9.17, 15) is 0 Å². The molecule has 2 aromatic heterocycles. The van der Waals surface area contributed by atoms with Gasteiger partial charge in [0.05, 0.1) is 12.9 Å². The molecular formula is C15H21N3O3. The van der Waals surface area contributed by atoms with Crippen LogP contribution in [0, 0.1) is 0 Å². The van der Waals surface area contributed by atoms with Crippen LogP contribution in [-0.2, 0) is 16.5 Å². The van der Waals surface area contributed by atoms with E-state index >= 15 is 0 Å². The van der Waals surface area contributed by atoms with Crippen LogP contribution in [0.4, 0.5) is 0 Å². The average molecular weight is 291 g/mol. The van der Waals surface area contributed by atoms with Crippen molar-refractivity contribution in [1.29, 1.82) is 0 Å². The number of hydrogen-bond acceptors (Lipinski definition) is 5. The molecule has 114 valence electrons. The molecule has 0 bridgehead atoms. The Morgan fingerprint density at radius 2 is 2.48 bits per heavy atom. The van der Waals surface area contributed by atoms with E-state index in [4.69, 9.17) is 13.9 Å². The van der Waals surface area contributed by atoms with Gasteiger partial charge in [-0.2, -0.15) is 0 Å². The summed E-state index contributed by atoms with van der Waals surface area (Å²) >= 11 is 0. The van der Waals surface area contributed by atoms with Crippen molar-refractivity contribution in [2.45, 2.75) is 18.1 Å². The summed E-state index contributed by atoms with van der Waals surface area (Å²) in [7, 11) is 3.71. The minimum atomic E-state index is -0.268. The molecule has 1 saturated heterocycles. The van der Waals surface area contributed by atoms with Crippen LogP contribution in [0.3, 0.4) is 0 Å². The van der Waals surface area contributed by atoms with Crippen molar-refractivity contribution in [3.63, 3.8) is 0 Å². The first-order chi connectivity index (χ1) is 10.2. The fourth-order valence-corrected chi connectivity index (χ4v) is 2.68. The SMILES string of the molecule is COC1(CNC(c2ccco2)c2nccn2C)CCOC1. The fourth-order valence-electron chi connectivity index (χ4n) is 2.68. The number of aromatic nitrogens is 2. The lowest BCUT2D eigenvalue weighted by Gasteiger charge is -2.28. The standard InChI is InChI=1S/C15H21N3O3/c1-18-7-6-16-14(18)13(12-4-3-8-21-12)17-10-15(19-2)5-9-20-11-15/h3-4,6-8,13,17H,5,9-11H2,1-2H3. The Hall–Kier alpha value is -1.63. The quantitative estimate of drug-likeness (QED) is 0.874. The average Bonchev–Trinajstić information content (AvgIpc) is 3.22. The number of nitrogens with one attached hydrogen (secondary N) is 1. The van der Waals surface area contributed by atoms with Crippen LogP contribution in [0.2, 0.25) is 0 Å². The van der Waals surface area contributed by atoms with Gasteiger partial charge >= 0.3 is 0 Å². The first-order valence-electron chi connectivity index (χ1n) is 7.11. The predicted octanol–water partition coefficient (Wildman–Crippen LogP) is 1.50. The third-order valence-corrected chi connectivity index (χ3v) is 4.07. The third-order valence-electron chi connectivity index (χ3n) is 4.07. The van der Waals surface area contributed by atoms with Gasteiger partial charge in [-0.1, -0.05) is 0 Å². The van der Waals surface area contributed by atoms with E-state index < -0.39 is 0 Å². The van der Waals surface area contributed by atoms with Crippen LogP contribution in [0.25, 0.3) is 0 Å². The Morgan fingerprint density at radius 3 is 3.05 bits per heavy atom. The van der Waals surface area contributed by atoms with Crippen LogP contribution >= 0.6 is 0 Å². The van der Waals surface area contributed by atoms with Gasteiger partial charge in [-0.05, 0) is 12.1 Å². The largest absolute Gasteiger partial charge is 0.467 e. The summed E-state index contributed by atoms with van der Waals surface area (Å²) in [5.41, 5.74) is -0.268. The Bertz CT molecular complexity index is 558. The van der Waals surface area contributed by atoms with E-state index in [2.05, 4.69) is 10.3 Å². The third kappa shape index (κ3) is 2.88. The normalized spacial score (nSPS) is 23.5. The minimum absolute atomic E-state index is 0.104. The van der Waals surface area contributed by atoms with Gasteiger partial charge < -0.3 is 18.5 Å². The number of methoxy groups -OCH3 is 1. The highest BCUT2D eigenvalue weighted by molar-refractivity contribution is 5.16. The Kier molecular flexibility index (Phi) is 4.10. The fraction of sp³-hybridized carbons (Fsp3) is 0.533. The molecule has 6 heteroatoms. The summed E-state index contributed by atoms with van der Waals surface area (Å²) < 4.78 is 18.7. The zero-order valence-electron chi connectivity index (χ0n) is 12.4. The van der Waals surface area contributed by atoms with Crippen molar-refractivity contribution in [1.82, 2.24) is 14.9 Å². The van der Waals surface area contributed by atoms with Crippen molar-refractivity contribution >= 4 is 0 Å². The molecule has 0 aliphatic carbocycles. The summed E-state index contributed by atoms with van der Waals surface area (Å²) in [4.78, 5) is 4.43. The molecule has 2 atom stereocenters. The summed E-state index contributed by atoms with van der Waals surface area (Å²) in [6.07, 6.45) is 6.29. The van der Waals surface area contributed by atoms with E-state index in [0.29, 0.717) is 13.2 Å². The van der Waals surface area contributed by atoms with Crippen molar-refractivity contribution in [2.24, 2.45) is 7.05 Å². The Morgan fingerprint density at radius 1 is 1.57 bits per heavy atom. The van der Waals surface area contributed by atoms with Gasteiger partial charge in [0.1, 0.15) is 23.2 Å². The van der Waals surface area contributed by atoms with Crippen LogP contribution in [-0.4, -0.2) is 42.0 Å². The Labute approximate surface area is 124 Å². The molecule has 3 rings (SSSR count). The maximum atomic E-state index is 5.67. The predicted molar refractivity (Wildman–Crippen MR) is 76.9 cm³/mol. The van der Waals surface area contributed by atoms with Gasteiger partial charge in [0, 0.05) is 46.1 Å². The number of aryl methyl sites for hydroxylation is 1. The summed E-state index contributed by atoms with van der Waals surface area (Å²) in [6, 6.07) is 3.74. The molecule has 0 amide bonds. The van der Waals surface area contributed by atoms with Gasteiger partial charge in [0.15, 0.2) is 0 Å². The number of hydrogen-bond donors (Lipinski definition) is 1. The highest BCUT2D eigenvalue weighted by atomic mass is 16.5. The first-order valence-corrected chi connectivity index (χ1v) is 7.11. The molecule has 21 heavy (non-hydrogen) atoms. The number of rotatable bonds is 6. The van der Waals surface area contributed by atoms with E-state index in [-0.39, 0.29) is 11.6 Å². The van der Waals surface area contributed by atoms with Crippen molar-refractivity contribution in [2.75, 3.05) is 26.9 Å². The van der Waals surface area contributed by atoms with Crippen molar-refractivity contribution in [3.05, 3.63) is 42.4 Å². The second-order valence-electron chi connectivity index (χ2n) is 5.42. The van der Waals surface area contributed by atoms with Gasteiger partial charge in [0.25, 0.3) is 0 Å². The van der Waals surface area contributed by atoms with Crippen LogP contribution in [0.5, 0.6) is 0 Å². The van der Waals surface area contributed by atoms with Crippen molar-refractivity contribution < 1.29 is 13.9 Å². The molecule has 0 spiro atoms. The molecule has 0 aromatic carbocycles. The number of ether oxygens (including phenoxy) is 2. The molecule has 6 nitrogen and oxygen atoms in total. The van der Waals surface area contributed by atoms with Crippen LogP contribution < -0.4 is 5.32 Å². The highest BCUT2D eigenvalue weighted by Gasteiger charge is 2.36. The lowest BCUT2D eigenvalue weighted by Crippen LogP contribution is -2.44. The highest BCUT2D eigenvalue weighted by Crippen LogP contribution is 2.25. The smallest absolute Gasteiger partial charge is 0.133 e. The molecule has 2 aromatic rings. The van der Waals surface area contributed by atoms with E-state index in [1.54, 1.807) is 19.6 Å². The van der Waals surface area contributed by atoms with E-state index in [0.717, 1.165) is 24.6 Å². The molecule has 1 fully saturated rings. The molecular weight excluding hydrogens is 270 g/mol. The summed E-state index contributed by atoms with van der Waals surface area (Å²) in [5, 5.41) is 3.52. The lowest BCUT2D eigenvalue weighted by molar-refractivity contribution is -0.0173. The second-order valence-corrected chi connectivity index (χ2v) is 5.42. The van der Waals surface area contributed by atoms with Gasteiger partial charge in [-0.15, -0.1) is 0 Å². The number of nitrogens with zero attached hydrogens (tertiary/aromatic N) is 2. The van der Waals surface area contributed by atoms with Gasteiger partial charge in [0.2, 0.25) is 0 Å². The number of furan rings is 1. The zero-order chi connectivity index (χ0) is 14.7. The maximum Gasteiger partial charge on any atom is 0.133 e. The van der Waals surface area contributed by atoms with Gasteiger partial charge in [-0.25, -0.2) is 4.98 Å². The van der Waals surface area contributed by atoms with Crippen molar-refractivity contribution in [3.8, 4) is 0 Å². The Balaban J connectivity index is 1.79. The topological polar surface area (TPSA) is 61.5 Å². The van der Waals surface area contributed by atoms with E-state index in [1.165, 1.54) is 0 Å². The molecule has 0 saturated carbocycles.